The van der Waals surface area contributed by atoms with Gasteiger partial charge in [0.05, 0.1) is 17.0 Å². The third-order valence-corrected chi connectivity index (χ3v) is 5.34. The van der Waals surface area contributed by atoms with Crippen molar-refractivity contribution in [3.8, 4) is 0 Å². The Morgan fingerprint density at radius 3 is 2.34 bits per heavy atom. The average Bonchev–Trinajstić information content (AvgIpc) is 2.71. The summed E-state index contributed by atoms with van der Waals surface area (Å²) in [6, 6.07) is 12.8. The summed E-state index contributed by atoms with van der Waals surface area (Å²) in [6.07, 6.45) is 0.685. The topological polar surface area (TPSA) is 114 Å². The van der Waals surface area contributed by atoms with E-state index >= 15 is 0 Å². The zero-order chi connectivity index (χ0) is 21.3. The van der Waals surface area contributed by atoms with Crippen LogP contribution >= 0.6 is 0 Å². The number of amides is 2. The molecule has 8 nitrogen and oxygen atoms in total. The summed E-state index contributed by atoms with van der Waals surface area (Å²) in [5.74, 6) is -0.740. The Hall–Kier alpha value is -2.91. The molecule has 0 saturated heterocycles. The van der Waals surface area contributed by atoms with Crippen LogP contribution < -0.4 is 15.4 Å². The maximum atomic E-state index is 12.5. The van der Waals surface area contributed by atoms with Crippen LogP contribution in [0.15, 0.2) is 48.5 Å². The van der Waals surface area contributed by atoms with Gasteiger partial charge in [0.15, 0.2) is 0 Å². The van der Waals surface area contributed by atoms with Crippen LogP contribution in [0.5, 0.6) is 0 Å². The molecule has 0 saturated carbocycles. The maximum Gasteiger partial charge on any atom is 0.255 e. The standard InChI is InChI=1S/C20H25N3O5S/c1-3-29(26,27)23-16-11-9-15(10-12-16)19(24)22-18-8-5-4-7-17(18)20(25)21-13-6-14-28-2/h4-5,7-12,23H,3,6,13-14H2,1-2H3,(H,21,25)(H,22,24). The van der Waals surface area contributed by atoms with Crippen LogP contribution in [0.2, 0.25) is 0 Å². The van der Waals surface area contributed by atoms with Crippen molar-refractivity contribution in [3.63, 3.8) is 0 Å². The lowest BCUT2D eigenvalue weighted by Crippen LogP contribution is -2.26. The number of methoxy groups -OCH3 is 1. The van der Waals surface area contributed by atoms with E-state index in [-0.39, 0.29) is 11.7 Å². The monoisotopic (exact) mass is 419 g/mol. The van der Waals surface area contributed by atoms with Gasteiger partial charge in [-0.2, -0.15) is 0 Å². The molecule has 0 fully saturated rings. The lowest BCUT2D eigenvalue weighted by atomic mass is 10.1. The summed E-state index contributed by atoms with van der Waals surface area (Å²) in [4.78, 5) is 24.9. The number of nitrogens with one attached hydrogen (secondary N) is 3. The number of hydrogen-bond acceptors (Lipinski definition) is 5. The number of rotatable bonds is 10. The van der Waals surface area contributed by atoms with Gasteiger partial charge >= 0.3 is 0 Å². The number of carbonyl (C=O) groups is 2. The highest BCUT2D eigenvalue weighted by molar-refractivity contribution is 7.92. The zero-order valence-electron chi connectivity index (χ0n) is 16.4. The Morgan fingerprint density at radius 2 is 1.69 bits per heavy atom. The van der Waals surface area contributed by atoms with Crippen molar-refractivity contribution in [1.82, 2.24) is 5.32 Å². The zero-order valence-corrected chi connectivity index (χ0v) is 17.2. The molecule has 9 heteroatoms. The smallest absolute Gasteiger partial charge is 0.255 e. The van der Waals surface area contributed by atoms with Crippen LogP contribution in [-0.4, -0.2) is 46.2 Å². The number of sulfonamides is 1. The maximum absolute atomic E-state index is 12.5. The molecule has 0 aromatic heterocycles. The Bertz CT molecular complexity index is 943. The molecule has 0 heterocycles. The van der Waals surface area contributed by atoms with Crippen LogP contribution in [0.4, 0.5) is 11.4 Å². The third kappa shape index (κ3) is 6.88. The first-order valence-electron chi connectivity index (χ1n) is 9.14. The van der Waals surface area contributed by atoms with Gasteiger partial charge in [-0.1, -0.05) is 12.1 Å². The number of ether oxygens (including phenoxy) is 1. The van der Waals surface area contributed by atoms with Crippen molar-refractivity contribution in [1.29, 1.82) is 0 Å². The lowest BCUT2D eigenvalue weighted by molar-refractivity contribution is 0.0949. The van der Waals surface area contributed by atoms with Crippen molar-refractivity contribution in [2.75, 3.05) is 36.1 Å². The SMILES string of the molecule is CCS(=O)(=O)Nc1ccc(C(=O)Nc2ccccc2C(=O)NCCCOC)cc1. The van der Waals surface area contributed by atoms with Crippen LogP contribution in [0.25, 0.3) is 0 Å². The predicted molar refractivity (Wildman–Crippen MR) is 113 cm³/mol. The highest BCUT2D eigenvalue weighted by Gasteiger charge is 2.14. The minimum atomic E-state index is -3.38. The fourth-order valence-electron chi connectivity index (χ4n) is 2.44. The third-order valence-electron chi connectivity index (χ3n) is 4.03. The van der Waals surface area contributed by atoms with Crippen LogP contribution in [0.1, 0.15) is 34.1 Å². The average molecular weight is 420 g/mol. The predicted octanol–water partition coefficient (Wildman–Crippen LogP) is 2.47. The normalized spacial score (nSPS) is 11.0. The quantitative estimate of drug-likeness (QED) is 0.512. The van der Waals surface area contributed by atoms with E-state index in [1.165, 1.54) is 31.2 Å². The van der Waals surface area contributed by atoms with Crippen LogP contribution in [-0.2, 0) is 14.8 Å². The van der Waals surface area contributed by atoms with E-state index in [4.69, 9.17) is 4.74 Å². The Labute approximate surface area is 170 Å². The van der Waals surface area contributed by atoms with E-state index in [0.29, 0.717) is 42.1 Å². The van der Waals surface area contributed by atoms with E-state index in [1.54, 1.807) is 31.4 Å². The first-order chi connectivity index (χ1) is 13.9. The molecular weight excluding hydrogens is 394 g/mol. The molecule has 0 bridgehead atoms. The van der Waals surface area contributed by atoms with E-state index < -0.39 is 15.9 Å². The molecule has 3 N–H and O–H groups in total. The molecule has 0 aliphatic heterocycles. The molecule has 156 valence electrons. The second-order valence-electron chi connectivity index (χ2n) is 6.18. The fourth-order valence-corrected chi connectivity index (χ4v) is 3.08. The van der Waals surface area contributed by atoms with Gasteiger partial charge < -0.3 is 15.4 Å². The second kappa shape index (κ2) is 10.6. The Balaban J connectivity index is 2.06. The van der Waals surface area contributed by atoms with Gasteiger partial charge in [0.1, 0.15) is 0 Å². The molecule has 2 aromatic carbocycles. The number of hydrogen-bond donors (Lipinski definition) is 3. The molecule has 2 amide bonds. The summed E-state index contributed by atoms with van der Waals surface area (Å²) in [5, 5.41) is 5.51. The van der Waals surface area contributed by atoms with E-state index in [1.807, 2.05) is 0 Å². The summed E-state index contributed by atoms with van der Waals surface area (Å²) < 4.78 is 30.6. The van der Waals surface area contributed by atoms with Crippen LogP contribution in [0.3, 0.4) is 0 Å². The lowest BCUT2D eigenvalue weighted by Gasteiger charge is -2.12. The number of anilines is 2. The number of para-hydroxylation sites is 1. The van der Waals surface area contributed by atoms with Gasteiger partial charge in [-0.25, -0.2) is 8.42 Å². The van der Waals surface area contributed by atoms with Crippen molar-refractivity contribution < 1.29 is 22.7 Å². The highest BCUT2D eigenvalue weighted by Crippen LogP contribution is 2.17. The molecule has 0 radical (unpaired) electrons. The molecular formula is C20H25N3O5S. The van der Waals surface area contributed by atoms with E-state index in [9.17, 15) is 18.0 Å². The van der Waals surface area contributed by atoms with E-state index in [0.717, 1.165) is 0 Å². The fraction of sp³-hybridized carbons (Fsp3) is 0.300. The van der Waals surface area contributed by atoms with Crippen molar-refractivity contribution >= 4 is 33.2 Å². The Morgan fingerprint density at radius 1 is 1.00 bits per heavy atom. The van der Waals surface area contributed by atoms with E-state index in [2.05, 4.69) is 15.4 Å². The molecule has 2 rings (SSSR count). The summed E-state index contributed by atoms with van der Waals surface area (Å²) >= 11 is 0. The highest BCUT2D eigenvalue weighted by atomic mass is 32.2. The first-order valence-corrected chi connectivity index (χ1v) is 10.8. The number of carbonyl (C=O) groups excluding carboxylic acids is 2. The van der Waals surface area contributed by atoms with Gasteiger partial charge in [-0.15, -0.1) is 0 Å². The molecule has 0 atom stereocenters. The number of benzene rings is 2. The van der Waals surface area contributed by atoms with Crippen molar-refractivity contribution in [3.05, 3.63) is 59.7 Å². The minimum Gasteiger partial charge on any atom is -0.385 e. The molecule has 29 heavy (non-hydrogen) atoms. The van der Waals surface area contributed by atoms with Gasteiger partial charge in [0, 0.05) is 31.5 Å². The van der Waals surface area contributed by atoms with Gasteiger partial charge in [-0.05, 0) is 49.7 Å². The second-order valence-corrected chi connectivity index (χ2v) is 8.20. The van der Waals surface area contributed by atoms with Crippen LogP contribution in [0, 0.1) is 0 Å². The molecule has 0 aliphatic carbocycles. The largest absolute Gasteiger partial charge is 0.385 e. The van der Waals surface area contributed by atoms with Crippen molar-refractivity contribution in [2.24, 2.45) is 0 Å². The molecule has 0 aliphatic rings. The summed E-state index contributed by atoms with van der Waals surface area (Å²) in [7, 11) is -1.79. The molecule has 0 unspecified atom stereocenters. The van der Waals surface area contributed by atoms with Crippen molar-refractivity contribution in [2.45, 2.75) is 13.3 Å². The van der Waals surface area contributed by atoms with Gasteiger partial charge in [-0.3, -0.25) is 14.3 Å². The minimum absolute atomic E-state index is 0.0421. The molecule has 2 aromatic rings. The first kappa shape index (κ1) is 22.4. The summed E-state index contributed by atoms with van der Waals surface area (Å²) in [6.45, 7) is 2.54. The Kier molecular flexibility index (Phi) is 8.17. The van der Waals surface area contributed by atoms with Gasteiger partial charge in [0.25, 0.3) is 11.8 Å². The molecule has 0 spiro atoms. The summed E-state index contributed by atoms with van der Waals surface area (Å²) in [5.41, 5.74) is 1.45. The van der Waals surface area contributed by atoms with Gasteiger partial charge in [0.2, 0.25) is 10.0 Å².